The Morgan fingerprint density at radius 3 is 2.50 bits per heavy atom. The van der Waals surface area contributed by atoms with Gasteiger partial charge in [-0.2, -0.15) is 0 Å². The lowest BCUT2D eigenvalue weighted by atomic mass is 10.2. The van der Waals surface area contributed by atoms with E-state index in [4.69, 9.17) is 4.74 Å². The van der Waals surface area contributed by atoms with Crippen molar-refractivity contribution in [3.8, 4) is 11.5 Å². The lowest BCUT2D eigenvalue weighted by Gasteiger charge is -2.07. The van der Waals surface area contributed by atoms with Crippen molar-refractivity contribution in [1.29, 1.82) is 0 Å². The summed E-state index contributed by atoms with van der Waals surface area (Å²) in [5.74, 6) is -0.893. The summed E-state index contributed by atoms with van der Waals surface area (Å²) in [6.07, 6.45) is 0. The van der Waals surface area contributed by atoms with Gasteiger partial charge in [-0.1, -0.05) is 12.1 Å². The Morgan fingerprint density at radius 2 is 1.81 bits per heavy atom. The van der Waals surface area contributed by atoms with E-state index in [-0.39, 0.29) is 5.75 Å². The Bertz CT molecular complexity index is 509. The Morgan fingerprint density at radius 1 is 1.00 bits per heavy atom. The Balaban J connectivity index is 2.27. The minimum Gasteiger partial charge on any atom is -0.454 e. The molecule has 0 heterocycles. The maximum Gasteiger partial charge on any atom is 0.168 e. The fourth-order valence-corrected chi connectivity index (χ4v) is 1.29. The molecule has 0 aliphatic heterocycles. The molecular weight excluding hydrogens is 210 g/mol. The van der Waals surface area contributed by atoms with Crippen molar-refractivity contribution in [2.24, 2.45) is 0 Å². The number of benzene rings is 2. The first kappa shape index (κ1) is 10.6. The van der Waals surface area contributed by atoms with Gasteiger partial charge in [0.25, 0.3) is 0 Å². The second-order valence-electron chi connectivity index (χ2n) is 3.32. The summed E-state index contributed by atoms with van der Waals surface area (Å²) in [5.41, 5.74) is 0.764. The highest BCUT2D eigenvalue weighted by atomic mass is 19.1. The standard InChI is InChI=1S/C13H9F2O/c1-9-3-2-4-11(7-9)16-13-6-5-10(14)8-12(13)15/h2-8H,1H2. The molecule has 0 fully saturated rings. The van der Waals surface area contributed by atoms with E-state index in [1.807, 2.05) is 0 Å². The molecule has 2 rings (SSSR count). The Kier molecular flexibility index (Phi) is 2.86. The molecule has 0 saturated heterocycles. The van der Waals surface area contributed by atoms with Gasteiger partial charge >= 0.3 is 0 Å². The van der Waals surface area contributed by atoms with E-state index in [0.717, 1.165) is 17.7 Å². The molecule has 0 unspecified atom stereocenters. The predicted octanol–water partition coefficient (Wildman–Crippen LogP) is 3.94. The van der Waals surface area contributed by atoms with Crippen LogP contribution >= 0.6 is 0 Å². The summed E-state index contributed by atoms with van der Waals surface area (Å²) in [4.78, 5) is 0. The van der Waals surface area contributed by atoms with Crippen LogP contribution in [0.25, 0.3) is 0 Å². The maximum atomic E-state index is 13.3. The number of halogens is 2. The average molecular weight is 219 g/mol. The van der Waals surface area contributed by atoms with E-state index in [0.29, 0.717) is 5.75 Å². The zero-order chi connectivity index (χ0) is 11.5. The highest BCUT2D eigenvalue weighted by Crippen LogP contribution is 2.25. The largest absolute Gasteiger partial charge is 0.454 e. The van der Waals surface area contributed by atoms with Crippen molar-refractivity contribution >= 4 is 0 Å². The quantitative estimate of drug-likeness (QED) is 0.743. The van der Waals surface area contributed by atoms with E-state index in [2.05, 4.69) is 6.92 Å². The highest BCUT2D eigenvalue weighted by Gasteiger charge is 2.05. The topological polar surface area (TPSA) is 9.23 Å². The van der Waals surface area contributed by atoms with Gasteiger partial charge in [0, 0.05) is 6.07 Å². The van der Waals surface area contributed by atoms with Crippen LogP contribution in [0.1, 0.15) is 5.56 Å². The molecule has 0 atom stereocenters. The normalized spacial score (nSPS) is 10.2. The van der Waals surface area contributed by atoms with Gasteiger partial charge in [-0.15, -0.1) is 0 Å². The van der Waals surface area contributed by atoms with Gasteiger partial charge in [0.05, 0.1) is 0 Å². The summed E-state index contributed by atoms with van der Waals surface area (Å²) in [6, 6.07) is 10.1. The molecule has 0 bridgehead atoms. The summed E-state index contributed by atoms with van der Waals surface area (Å²) < 4.78 is 31.2. The fraction of sp³-hybridized carbons (Fsp3) is 0. The van der Waals surface area contributed by atoms with Crippen molar-refractivity contribution in [1.82, 2.24) is 0 Å². The van der Waals surface area contributed by atoms with Gasteiger partial charge < -0.3 is 4.74 Å². The third-order valence-electron chi connectivity index (χ3n) is 2.02. The molecule has 3 heteroatoms. The van der Waals surface area contributed by atoms with Crippen LogP contribution in [0.2, 0.25) is 0 Å². The van der Waals surface area contributed by atoms with Gasteiger partial charge in [-0.25, -0.2) is 8.78 Å². The third kappa shape index (κ3) is 2.37. The number of hydrogen-bond acceptors (Lipinski definition) is 1. The summed E-state index contributed by atoms with van der Waals surface area (Å²) >= 11 is 0. The zero-order valence-electron chi connectivity index (χ0n) is 8.41. The summed E-state index contributed by atoms with van der Waals surface area (Å²) in [5, 5.41) is 0. The SMILES string of the molecule is [CH2]c1cccc(Oc2ccc(F)cc2F)c1. The van der Waals surface area contributed by atoms with Crippen molar-refractivity contribution in [2.45, 2.75) is 0 Å². The first-order valence-electron chi connectivity index (χ1n) is 4.70. The predicted molar refractivity (Wildman–Crippen MR) is 57.3 cm³/mol. The van der Waals surface area contributed by atoms with Crippen molar-refractivity contribution in [2.75, 3.05) is 0 Å². The summed E-state index contributed by atoms with van der Waals surface area (Å²) in [6.45, 7) is 3.73. The van der Waals surface area contributed by atoms with E-state index in [1.54, 1.807) is 24.3 Å². The molecule has 0 spiro atoms. The van der Waals surface area contributed by atoms with Crippen LogP contribution in [0.5, 0.6) is 11.5 Å². The second-order valence-corrected chi connectivity index (χ2v) is 3.32. The van der Waals surface area contributed by atoms with Gasteiger partial charge in [0.1, 0.15) is 11.6 Å². The van der Waals surface area contributed by atoms with Gasteiger partial charge in [-0.05, 0) is 36.8 Å². The molecular formula is C13H9F2O. The fourth-order valence-electron chi connectivity index (χ4n) is 1.29. The van der Waals surface area contributed by atoms with E-state index < -0.39 is 11.6 Å². The molecule has 0 aliphatic carbocycles. The van der Waals surface area contributed by atoms with E-state index in [9.17, 15) is 8.78 Å². The van der Waals surface area contributed by atoms with Crippen LogP contribution in [0.4, 0.5) is 8.78 Å². The van der Waals surface area contributed by atoms with E-state index in [1.165, 1.54) is 6.07 Å². The molecule has 0 N–H and O–H groups in total. The van der Waals surface area contributed by atoms with Crippen LogP contribution < -0.4 is 4.74 Å². The summed E-state index contributed by atoms with van der Waals surface area (Å²) in [7, 11) is 0. The van der Waals surface area contributed by atoms with Crippen molar-refractivity contribution in [3.05, 3.63) is 66.6 Å². The van der Waals surface area contributed by atoms with Crippen LogP contribution in [-0.2, 0) is 0 Å². The van der Waals surface area contributed by atoms with Gasteiger partial charge in [0.15, 0.2) is 11.6 Å². The molecule has 0 aliphatic rings. The lowest BCUT2D eigenvalue weighted by molar-refractivity contribution is 0.437. The maximum absolute atomic E-state index is 13.3. The molecule has 2 aromatic carbocycles. The monoisotopic (exact) mass is 219 g/mol. The van der Waals surface area contributed by atoms with Gasteiger partial charge in [-0.3, -0.25) is 0 Å². The van der Waals surface area contributed by atoms with Crippen molar-refractivity contribution in [3.63, 3.8) is 0 Å². The third-order valence-corrected chi connectivity index (χ3v) is 2.02. The van der Waals surface area contributed by atoms with Crippen LogP contribution in [0.3, 0.4) is 0 Å². The molecule has 1 nitrogen and oxygen atoms in total. The molecule has 0 aromatic heterocycles. The molecule has 81 valence electrons. The lowest BCUT2D eigenvalue weighted by Crippen LogP contribution is -1.89. The number of hydrogen-bond donors (Lipinski definition) is 0. The smallest absolute Gasteiger partial charge is 0.168 e. The minimum atomic E-state index is -0.727. The van der Waals surface area contributed by atoms with Crippen LogP contribution in [0, 0.1) is 18.6 Å². The Labute approximate surface area is 92.3 Å². The first-order chi connectivity index (χ1) is 7.65. The average Bonchev–Trinajstić information content (AvgIpc) is 2.22. The highest BCUT2D eigenvalue weighted by molar-refractivity contribution is 5.35. The van der Waals surface area contributed by atoms with Crippen LogP contribution in [0.15, 0.2) is 42.5 Å². The number of rotatable bonds is 2. The number of ether oxygens (including phenoxy) is 1. The molecule has 1 radical (unpaired) electrons. The van der Waals surface area contributed by atoms with Gasteiger partial charge in [0.2, 0.25) is 0 Å². The molecule has 2 aromatic rings. The first-order valence-corrected chi connectivity index (χ1v) is 4.70. The van der Waals surface area contributed by atoms with Crippen LogP contribution in [-0.4, -0.2) is 0 Å². The second kappa shape index (κ2) is 4.31. The molecule has 0 saturated carbocycles. The molecule has 16 heavy (non-hydrogen) atoms. The molecule has 0 amide bonds. The zero-order valence-corrected chi connectivity index (χ0v) is 8.41. The van der Waals surface area contributed by atoms with E-state index >= 15 is 0 Å². The Hall–Kier alpha value is -1.90. The van der Waals surface area contributed by atoms with Crippen molar-refractivity contribution < 1.29 is 13.5 Å². The minimum absolute atomic E-state index is 0.00741.